The summed E-state index contributed by atoms with van der Waals surface area (Å²) in [6, 6.07) is 8.30. The van der Waals surface area contributed by atoms with Crippen molar-refractivity contribution in [1.29, 1.82) is 0 Å². The topological polar surface area (TPSA) is 38.9 Å². The van der Waals surface area contributed by atoms with Crippen LogP contribution in [-0.2, 0) is 6.54 Å². The minimum absolute atomic E-state index is 0.494. The lowest BCUT2D eigenvalue weighted by atomic mass is 10.1. The van der Waals surface area contributed by atoms with Crippen LogP contribution in [-0.4, -0.2) is 4.98 Å². The van der Waals surface area contributed by atoms with Crippen molar-refractivity contribution in [2.45, 2.75) is 26.3 Å². The molecular formula is C13H16N2S. The Hall–Kier alpha value is -1.19. The smallest absolute Gasteiger partial charge is 0.123 e. The number of nitrogens with zero attached hydrogens (tertiary/aromatic N) is 1. The highest BCUT2D eigenvalue weighted by Gasteiger charge is 2.07. The number of thiazole rings is 1. The van der Waals surface area contributed by atoms with Crippen LogP contribution in [0.1, 0.15) is 31.0 Å². The molecule has 0 radical (unpaired) electrons. The van der Waals surface area contributed by atoms with Crippen molar-refractivity contribution in [3.8, 4) is 10.6 Å². The van der Waals surface area contributed by atoms with Crippen molar-refractivity contribution in [1.82, 2.24) is 4.98 Å². The number of benzene rings is 1. The molecule has 2 aromatic rings. The molecule has 0 amide bonds. The van der Waals surface area contributed by atoms with Crippen LogP contribution in [0.4, 0.5) is 0 Å². The van der Waals surface area contributed by atoms with Gasteiger partial charge in [0.1, 0.15) is 5.01 Å². The lowest BCUT2D eigenvalue weighted by Crippen LogP contribution is -1.95. The molecule has 0 saturated heterocycles. The summed E-state index contributed by atoms with van der Waals surface area (Å²) in [5.41, 5.74) is 9.07. The molecule has 0 fully saturated rings. The van der Waals surface area contributed by atoms with Crippen molar-refractivity contribution in [2.24, 2.45) is 5.73 Å². The van der Waals surface area contributed by atoms with Crippen molar-refractivity contribution < 1.29 is 0 Å². The molecule has 1 aromatic carbocycles. The number of hydrogen-bond donors (Lipinski definition) is 1. The van der Waals surface area contributed by atoms with E-state index in [1.54, 1.807) is 11.3 Å². The molecule has 3 heteroatoms. The van der Waals surface area contributed by atoms with E-state index in [9.17, 15) is 0 Å². The van der Waals surface area contributed by atoms with Gasteiger partial charge in [-0.05, 0) is 11.5 Å². The number of rotatable bonds is 3. The fraction of sp³-hybridized carbons (Fsp3) is 0.308. The van der Waals surface area contributed by atoms with Crippen molar-refractivity contribution in [3.05, 3.63) is 40.9 Å². The van der Waals surface area contributed by atoms with Crippen LogP contribution in [0.15, 0.2) is 29.6 Å². The summed E-state index contributed by atoms with van der Waals surface area (Å²) in [6.45, 7) is 4.92. The highest BCUT2D eigenvalue weighted by molar-refractivity contribution is 7.13. The summed E-state index contributed by atoms with van der Waals surface area (Å²) in [5.74, 6) is 0.494. The second-order valence-electron chi connectivity index (χ2n) is 4.13. The summed E-state index contributed by atoms with van der Waals surface area (Å²) in [7, 11) is 0. The van der Waals surface area contributed by atoms with Gasteiger partial charge in [-0.15, -0.1) is 11.3 Å². The summed E-state index contributed by atoms with van der Waals surface area (Å²) in [6.07, 6.45) is 0. The molecule has 2 rings (SSSR count). The quantitative estimate of drug-likeness (QED) is 0.881. The average molecular weight is 232 g/mol. The van der Waals surface area contributed by atoms with E-state index >= 15 is 0 Å². The Morgan fingerprint density at radius 3 is 2.44 bits per heavy atom. The molecule has 84 valence electrons. The van der Waals surface area contributed by atoms with E-state index < -0.39 is 0 Å². The van der Waals surface area contributed by atoms with Crippen LogP contribution in [0.2, 0.25) is 0 Å². The van der Waals surface area contributed by atoms with Gasteiger partial charge in [0.25, 0.3) is 0 Å². The van der Waals surface area contributed by atoms with Crippen LogP contribution in [0.3, 0.4) is 0 Å². The molecule has 0 aliphatic heterocycles. The number of nitrogens with two attached hydrogens (primary N) is 1. The van der Waals surface area contributed by atoms with Gasteiger partial charge >= 0.3 is 0 Å². The Morgan fingerprint density at radius 1 is 1.25 bits per heavy atom. The first-order valence-corrected chi connectivity index (χ1v) is 6.33. The second-order valence-corrected chi connectivity index (χ2v) is 4.99. The SMILES string of the molecule is CC(C)c1csc(-c2ccc(CN)cc2)n1. The molecule has 2 N–H and O–H groups in total. The third kappa shape index (κ3) is 2.31. The summed E-state index contributed by atoms with van der Waals surface area (Å²) < 4.78 is 0. The first-order valence-electron chi connectivity index (χ1n) is 5.45. The third-order valence-corrected chi connectivity index (χ3v) is 3.46. The van der Waals surface area contributed by atoms with Gasteiger partial charge in [-0.3, -0.25) is 0 Å². The Balaban J connectivity index is 2.28. The minimum Gasteiger partial charge on any atom is -0.326 e. The van der Waals surface area contributed by atoms with Crippen molar-refractivity contribution in [2.75, 3.05) is 0 Å². The van der Waals surface area contributed by atoms with Crippen LogP contribution >= 0.6 is 11.3 Å². The predicted octanol–water partition coefficient (Wildman–Crippen LogP) is 3.39. The van der Waals surface area contributed by atoms with Gasteiger partial charge in [0.05, 0.1) is 5.69 Å². The van der Waals surface area contributed by atoms with Gasteiger partial charge in [0, 0.05) is 17.5 Å². The first kappa shape index (κ1) is 11.3. The van der Waals surface area contributed by atoms with Gasteiger partial charge < -0.3 is 5.73 Å². The van der Waals surface area contributed by atoms with E-state index in [0.717, 1.165) is 10.6 Å². The first-order chi connectivity index (χ1) is 7.70. The fourth-order valence-electron chi connectivity index (χ4n) is 1.47. The lowest BCUT2D eigenvalue weighted by molar-refractivity contribution is 0.834. The molecule has 0 unspecified atom stereocenters. The molecule has 2 nitrogen and oxygen atoms in total. The van der Waals surface area contributed by atoms with Crippen LogP contribution in [0.5, 0.6) is 0 Å². The van der Waals surface area contributed by atoms with Gasteiger partial charge in [0.2, 0.25) is 0 Å². The summed E-state index contributed by atoms with van der Waals surface area (Å²) in [5, 5.41) is 3.23. The zero-order valence-electron chi connectivity index (χ0n) is 9.60. The third-order valence-electron chi connectivity index (χ3n) is 2.55. The van der Waals surface area contributed by atoms with E-state index in [-0.39, 0.29) is 0 Å². The Kier molecular flexibility index (Phi) is 3.36. The van der Waals surface area contributed by atoms with E-state index in [1.807, 2.05) is 0 Å². The average Bonchev–Trinajstić information content (AvgIpc) is 2.78. The molecule has 0 saturated carbocycles. The molecule has 16 heavy (non-hydrogen) atoms. The largest absolute Gasteiger partial charge is 0.326 e. The van der Waals surface area contributed by atoms with Crippen LogP contribution < -0.4 is 5.73 Å². The molecule has 0 aliphatic carbocycles. The zero-order chi connectivity index (χ0) is 11.5. The lowest BCUT2D eigenvalue weighted by Gasteiger charge is -2.00. The monoisotopic (exact) mass is 232 g/mol. The normalized spacial score (nSPS) is 11.0. The molecule has 0 spiro atoms. The maximum Gasteiger partial charge on any atom is 0.123 e. The van der Waals surface area contributed by atoms with Gasteiger partial charge in [0.15, 0.2) is 0 Å². The Labute approximate surface area is 100 Å². The molecule has 1 aromatic heterocycles. The summed E-state index contributed by atoms with van der Waals surface area (Å²) in [4.78, 5) is 4.62. The number of hydrogen-bond acceptors (Lipinski definition) is 3. The maximum absolute atomic E-state index is 5.57. The fourth-order valence-corrected chi connectivity index (χ4v) is 2.45. The minimum atomic E-state index is 0.494. The van der Waals surface area contributed by atoms with E-state index in [2.05, 4.69) is 48.5 Å². The highest BCUT2D eigenvalue weighted by Crippen LogP contribution is 2.26. The van der Waals surface area contributed by atoms with E-state index in [1.165, 1.54) is 11.3 Å². The second kappa shape index (κ2) is 4.76. The van der Waals surface area contributed by atoms with Crippen LogP contribution in [0, 0.1) is 0 Å². The van der Waals surface area contributed by atoms with Crippen molar-refractivity contribution >= 4 is 11.3 Å². The molecule has 0 aliphatic rings. The maximum atomic E-state index is 5.57. The standard InChI is InChI=1S/C13H16N2S/c1-9(2)12-8-16-13(15-12)11-5-3-10(7-14)4-6-11/h3-6,8-9H,7,14H2,1-2H3. The van der Waals surface area contributed by atoms with Crippen molar-refractivity contribution in [3.63, 3.8) is 0 Å². The van der Waals surface area contributed by atoms with Gasteiger partial charge in [-0.25, -0.2) is 4.98 Å². The molecule has 0 atom stereocenters. The van der Waals surface area contributed by atoms with Gasteiger partial charge in [-0.1, -0.05) is 38.1 Å². The van der Waals surface area contributed by atoms with Crippen LogP contribution in [0.25, 0.3) is 10.6 Å². The Morgan fingerprint density at radius 2 is 1.94 bits per heavy atom. The molecule has 0 bridgehead atoms. The molecule has 1 heterocycles. The van der Waals surface area contributed by atoms with E-state index in [4.69, 9.17) is 5.73 Å². The van der Waals surface area contributed by atoms with E-state index in [0.29, 0.717) is 12.5 Å². The highest BCUT2D eigenvalue weighted by atomic mass is 32.1. The molecular weight excluding hydrogens is 216 g/mol. The van der Waals surface area contributed by atoms with Gasteiger partial charge in [-0.2, -0.15) is 0 Å². The number of aromatic nitrogens is 1. The predicted molar refractivity (Wildman–Crippen MR) is 69.5 cm³/mol. The Bertz CT molecular complexity index is 457. The summed E-state index contributed by atoms with van der Waals surface area (Å²) >= 11 is 1.70. The zero-order valence-corrected chi connectivity index (χ0v) is 10.4.